The number of hydrogen-bond acceptors (Lipinski definition) is 6. The topological polar surface area (TPSA) is 98.5 Å². The summed E-state index contributed by atoms with van der Waals surface area (Å²) in [6, 6.07) is 7.04. The van der Waals surface area contributed by atoms with Crippen molar-refractivity contribution >= 4 is 9.84 Å². The Morgan fingerprint density at radius 1 is 1.06 bits per heavy atom. The molecule has 1 aromatic heterocycles. The predicted octanol–water partition coefficient (Wildman–Crippen LogP) is 3.12. The van der Waals surface area contributed by atoms with Gasteiger partial charge in [0.05, 0.1) is 17.2 Å². The molecule has 33 heavy (non-hydrogen) atoms. The average Bonchev–Trinajstić information content (AvgIpc) is 2.76. The number of hydrogen-bond donors (Lipinski definition) is 1. The van der Waals surface area contributed by atoms with Crippen LogP contribution in [-0.4, -0.2) is 42.3 Å². The van der Waals surface area contributed by atoms with Crippen molar-refractivity contribution < 1.29 is 31.4 Å². The zero-order valence-corrected chi connectivity index (χ0v) is 18.7. The first kappa shape index (κ1) is 24.5. The van der Waals surface area contributed by atoms with E-state index in [0.717, 1.165) is 18.5 Å². The van der Waals surface area contributed by atoms with E-state index in [1.807, 2.05) is 0 Å². The number of ether oxygens (including phenoxy) is 1. The van der Waals surface area contributed by atoms with E-state index < -0.39 is 44.6 Å². The summed E-state index contributed by atoms with van der Waals surface area (Å²) in [4.78, 5) is 13.2. The maximum Gasteiger partial charge on any atom is 0.314 e. The van der Waals surface area contributed by atoms with Crippen LogP contribution >= 0.6 is 0 Å². The summed E-state index contributed by atoms with van der Waals surface area (Å²) in [5.41, 5.74) is -1.12. The van der Waals surface area contributed by atoms with Crippen molar-refractivity contribution in [1.82, 2.24) is 9.78 Å². The quantitative estimate of drug-likeness (QED) is 0.520. The third-order valence-corrected chi connectivity index (χ3v) is 6.07. The second kappa shape index (κ2) is 9.36. The third-order valence-electron chi connectivity index (χ3n) is 4.94. The first-order chi connectivity index (χ1) is 15.4. The summed E-state index contributed by atoms with van der Waals surface area (Å²) in [6.45, 7) is 3.19. The van der Waals surface area contributed by atoms with Crippen LogP contribution in [0.3, 0.4) is 0 Å². The lowest BCUT2D eigenvalue weighted by Crippen LogP contribution is -2.29. The minimum absolute atomic E-state index is 0.0501. The minimum atomic E-state index is -3.46. The minimum Gasteiger partial charge on any atom is -0.485 e. The molecule has 0 radical (unpaired) electrons. The van der Waals surface area contributed by atoms with Crippen molar-refractivity contribution in [2.45, 2.75) is 24.8 Å². The smallest absolute Gasteiger partial charge is 0.314 e. The summed E-state index contributed by atoms with van der Waals surface area (Å²) in [7, 11) is -3.46. The molecule has 0 bridgehead atoms. The van der Waals surface area contributed by atoms with Gasteiger partial charge in [0, 0.05) is 11.8 Å². The molecule has 176 valence electrons. The number of aliphatic hydroxyl groups excluding tert-OH is 1. The van der Waals surface area contributed by atoms with Crippen molar-refractivity contribution in [3.8, 4) is 22.6 Å². The SMILES string of the molecule is CC(C)[C@H](O)COc1c(-c2ccc(S(C)(=O)=O)cc2)cnn(-c2ccc(F)c(F)c2F)c1=O. The highest BCUT2D eigenvalue weighted by Gasteiger charge is 2.22. The molecule has 2 aromatic carbocycles. The number of halogens is 3. The molecular formula is C22H21F3N2O5S. The summed E-state index contributed by atoms with van der Waals surface area (Å²) in [5.74, 6) is -5.33. The van der Waals surface area contributed by atoms with E-state index in [1.54, 1.807) is 13.8 Å². The van der Waals surface area contributed by atoms with Crippen LogP contribution in [0.4, 0.5) is 13.2 Å². The normalized spacial score (nSPS) is 12.7. The molecular weight excluding hydrogens is 461 g/mol. The molecule has 0 fully saturated rings. The van der Waals surface area contributed by atoms with E-state index in [1.165, 1.54) is 24.3 Å². The van der Waals surface area contributed by atoms with Gasteiger partial charge in [-0.2, -0.15) is 9.78 Å². The van der Waals surface area contributed by atoms with Gasteiger partial charge in [0.15, 0.2) is 33.0 Å². The molecule has 1 heterocycles. The van der Waals surface area contributed by atoms with Crippen molar-refractivity contribution in [2.24, 2.45) is 5.92 Å². The first-order valence-electron chi connectivity index (χ1n) is 9.79. The summed E-state index contributed by atoms with van der Waals surface area (Å²) in [5, 5.41) is 14.0. The van der Waals surface area contributed by atoms with Crippen LogP contribution in [0, 0.1) is 23.4 Å². The Hall–Kier alpha value is -3.18. The summed E-state index contributed by atoms with van der Waals surface area (Å²) in [6.07, 6.45) is 1.25. The van der Waals surface area contributed by atoms with Gasteiger partial charge in [0.2, 0.25) is 0 Å². The van der Waals surface area contributed by atoms with Crippen LogP contribution in [0.25, 0.3) is 16.8 Å². The van der Waals surface area contributed by atoms with Gasteiger partial charge in [0.25, 0.3) is 0 Å². The fourth-order valence-electron chi connectivity index (χ4n) is 2.88. The Morgan fingerprint density at radius 3 is 2.27 bits per heavy atom. The number of sulfone groups is 1. The monoisotopic (exact) mass is 482 g/mol. The van der Waals surface area contributed by atoms with Crippen LogP contribution in [0.1, 0.15) is 13.8 Å². The molecule has 3 aromatic rings. The van der Waals surface area contributed by atoms with Crippen molar-refractivity contribution in [3.63, 3.8) is 0 Å². The number of nitrogens with zero attached hydrogens (tertiary/aromatic N) is 2. The molecule has 0 spiro atoms. The molecule has 0 amide bonds. The second-order valence-electron chi connectivity index (χ2n) is 7.72. The number of aliphatic hydroxyl groups is 1. The molecule has 11 heteroatoms. The van der Waals surface area contributed by atoms with Gasteiger partial charge in [-0.3, -0.25) is 4.79 Å². The van der Waals surface area contributed by atoms with E-state index in [4.69, 9.17) is 4.74 Å². The van der Waals surface area contributed by atoms with Crippen LogP contribution in [0.15, 0.2) is 52.3 Å². The Morgan fingerprint density at radius 2 is 1.70 bits per heavy atom. The number of benzene rings is 2. The van der Waals surface area contributed by atoms with Crippen LogP contribution < -0.4 is 10.3 Å². The lowest BCUT2D eigenvalue weighted by Gasteiger charge is -2.18. The molecule has 0 saturated carbocycles. The lowest BCUT2D eigenvalue weighted by atomic mass is 10.1. The molecule has 0 saturated heterocycles. The molecule has 7 nitrogen and oxygen atoms in total. The maximum absolute atomic E-state index is 14.3. The highest BCUT2D eigenvalue weighted by atomic mass is 32.2. The van der Waals surface area contributed by atoms with Crippen LogP contribution in [0.5, 0.6) is 5.75 Å². The molecule has 0 aliphatic rings. The Bertz CT molecular complexity index is 1340. The third kappa shape index (κ3) is 5.09. The predicted molar refractivity (Wildman–Crippen MR) is 115 cm³/mol. The maximum atomic E-state index is 14.3. The Balaban J connectivity index is 2.17. The highest BCUT2D eigenvalue weighted by molar-refractivity contribution is 7.90. The lowest BCUT2D eigenvalue weighted by molar-refractivity contribution is 0.0695. The van der Waals surface area contributed by atoms with Gasteiger partial charge >= 0.3 is 5.56 Å². The van der Waals surface area contributed by atoms with Gasteiger partial charge in [0.1, 0.15) is 12.3 Å². The van der Waals surface area contributed by atoms with Crippen molar-refractivity contribution in [1.29, 1.82) is 0 Å². The summed E-state index contributed by atoms with van der Waals surface area (Å²) < 4.78 is 70.9. The molecule has 0 unspecified atom stereocenters. The fourth-order valence-corrected chi connectivity index (χ4v) is 3.51. The van der Waals surface area contributed by atoms with E-state index in [2.05, 4.69) is 5.10 Å². The molecule has 1 atom stereocenters. The average molecular weight is 482 g/mol. The standard InChI is InChI=1S/C22H21F3N2O5S/c1-12(2)18(28)11-32-21-15(13-4-6-14(7-5-13)33(3,30)31)10-26-27(22(21)29)17-9-8-16(23)19(24)20(17)25/h4-10,12,18,28H,11H2,1-3H3/t18-/m1/s1. The van der Waals surface area contributed by atoms with E-state index >= 15 is 0 Å². The second-order valence-corrected chi connectivity index (χ2v) is 9.73. The zero-order valence-electron chi connectivity index (χ0n) is 17.9. The molecule has 1 N–H and O–H groups in total. The molecule has 3 rings (SSSR count). The Kier molecular flexibility index (Phi) is 6.94. The largest absolute Gasteiger partial charge is 0.485 e. The van der Waals surface area contributed by atoms with Gasteiger partial charge in [-0.1, -0.05) is 26.0 Å². The summed E-state index contributed by atoms with van der Waals surface area (Å²) >= 11 is 0. The zero-order chi connectivity index (χ0) is 24.5. The first-order valence-corrected chi connectivity index (χ1v) is 11.7. The van der Waals surface area contributed by atoms with Crippen molar-refractivity contribution in [2.75, 3.05) is 12.9 Å². The molecule has 0 aliphatic heterocycles. The van der Waals surface area contributed by atoms with E-state index in [-0.39, 0.29) is 28.7 Å². The van der Waals surface area contributed by atoms with Gasteiger partial charge in [-0.25, -0.2) is 21.6 Å². The Labute approximate surface area is 188 Å². The van der Waals surface area contributed by atoms with Gasteiger partial charge < -0.3 is 9.84 Å². The van der Waals surface area contributed by atoms with Crippen molar-refractivity contribution in [3.05, 3.63) is 70.4 Å². The van der Waals surface area contributed by atoms with E-state index in [9.17, 15) is 31.5 Å². The van der Waals surface area contributed by atoms with E-state index in [0.29, 0.717) is 16.3 Å². The number of aromatic nitrogens is 2. The van der Waals surface area contributed by atoms with Gasteiger partial charge in [-0.15, -0.1) is 0 Å². The van der Waals surface area contributed by atoms with Crippen LogP contribution in [0.2, 0.25) is 0 Å². The molecule has 0 aliphatic carbocycles. The fraction of sp³-hybridized carbons (Fsp3) is 0.273. The van der Waals surface area contributed by atoms with Crippen LogP contribution in [-0.2, 0) is 9.84 Å². The highest BCUT2D eigenvalue weighted by Crippen LogP contribution is 2.28. The van der Waals surface area contributed by atoms with Gasteiger partial charge in [-0.05, 0) is 35.7 Å². The number of rotatable bonds is 7.